The zero-order chi connectivity index (χ0) is 20.2. The van der Waals surface area contributed by atoms with E-state index in [0.29, 0.717) is 5.69 Å². The lowest BCUT2D eigenvalue weighted by molar-refractivity contribution is -0.137. The molecule has 144 valence electrons. The number of carbonyl (C=O) groups is 2. The van der Waals surface area contributed by atoms with Crippen molar-refractivity contribution in [3.63, 3.8) is 0 Å². The molecule has 9 heteroatoms. The van der Waals surface area contributed by atoms with Crippen molar-refractivity contribution in [2.75, 3.05) is 9.91 Å². The molecule has 2 aliphatic rings. The number of imide groups is 1. The van der Waals surface area contributed by atoms with Gasteiger partial charge >= 0.3 is 6.18 Å². The molecule has 0 bridgehead atoms. The number of benzene rings is 2. The van der Waals surface area contributed by atoms with E-state index in [1.54, 1.807) is 12.1 Å². The molecular weight excluding hydrogens is 373 g/mol. The van der Waals surface area contributed by atoms with Crippen LogP contribution in [0.15, 0.2) is 52.8 Å². The molecule has 2 aliphatic heterocycles. The van der Waals surface area contributed by atoms with Crippen molar-refractivity contribution in [3.8, 4) is 0 Å². The van der Waals surface area contributed by atoms with Crippen LogP contribution in [0.2, 0.25) is 0 Å². The molecular formula is C19H15F3N4O2. The molecule has 2 aromatic carbocycles. The van der Waals surface area contributed by atoms with Gasteiger partial charge in [-0.3, -0.25) is 9.59 Å². The SMILES string of the molecule is Cc1cc(C)cc(N2C(=O)[C@H]3N=NN(c4cccc(C(F)(F)F)c4)[C@H]3C2=O)c1. The molecule has 0 radical (unpaired) electrons. The molecule has 28 heavy (non-hydrogen) atoms. The van der Waals surface area contributed by atoms with Crippen molar-refractivity contribution in [2.24, 2.45) is 10.3 Å². The Hall–Kier alpha value is -3.23. The number of amides is 2. The molecule has 1 fully saturated rings. The largest absolute Gasteiger partial charge is 0.416 e. The maximum Gasteiger partial charge on any atom is 0.416 e. The lowest BCUT2D eigenvalue weighted by Gasteiger charge is -2.21. The van der Waals surface area contributed by atoms with E-state index in [9.17, 15) is 22.8 Å². The molecule has 2 aromatic rings. The first kappa shape index (κ1) is 18.1. The predicted molar refractivity (Wildman–Crippen MR) is 94.8 cm³/mol. The summed E-state index contributed by atoms with van der Waals surface area (Å²) >= 11 is 0. The van der Waals surface area contributed by atoms with Crippen molar-refractivity contribution in [3.05, 3.63) is 59.2 Å². The van der Waals surface area contributed by atoms with Gasteiger partial charge in [0.1, 0.15) is 0 Å². The summed E-state index contributed by atoms with van der Waals surface area (Å²) in [6, 6.07) is 7.57. The highest BCUT2D eigenvalue weighted by atomic mass is 19.4. The van der Waals surface area contributed by atoms with Crippen molar-refractivity contribution < 1.29 is 22.8 Å². The molecule has 0 aromatic heterocycles. The van der Waals surface area contributed by atoms with Crippen LogP contribution in [0.25, 0.3) is 0 Å². The van der Waals surface area contributed by atoms with E-state index >= 15 is 0 Å². The summed E-state index contributed by atoms with van der Waals surface area (Å²) in [6.45, 7) is 3.69. The van der Waals surface area contributed by atoms with Gasteiger partial charge in [-0.2, -0.15) is 18.3 Å². The van der Waals surface area contributed by atoms with Crippen LogP contribution in [0, 0.1) is 13.8 Å². The molecule has 2 atom stereocenters. The van der Waals surface area contributed by atoms with E-state index < -0.39 is 35.6 Å². The topological polar surface area (TPSA) is 65.3 Å². The van der Waals surface area contributed by atoms with Crippen LogP contribution in [-0.4, -0.2) is 23.9 Å². The summed E-state index contributed by atoms with van der Waals surface area (Å²) in [4.78, 5) is 26.8. The normalized spacial score (nSPS) is 21.6. The predicted octanol–water partition coefficient (Wildman–Crippen LogP) is 3.82. The molecule has 0 saturated carbocycles. The van der Waals surface area contributed by atoms with Crippen LogP contribution < -0.4 is 9.91 Å². The van der Waals surface area contributed by atoms with Gasteiger partial charge < -0.3 is 0 Å². The highest BCUT2D eigenvalue weighted by molar-refractivity contribution is 6.26. The molecule has 1 saturated heterocycles. The summed E-state index contributed by atoms with van der Waals surface area (Å²) in [5, 5.41) is 8.74. The van der Waals surface area contributed by atoms with Crippen LogP contribution in [0.5, 0.6) is 0 Å². The smallest absolute Gasteiger partial charge is 0.271 e. The number of hydrogen-bond acceptors (Lipinski definition) is 5. The number of fused-ring (bicyclic) bond motifs is 1. The van der Waals surface area contributed by atoms with E-state index in [1.165, 1.54) is 12.1 Å². The van der Waals surface area contributed by atoms with Gasteiger partial charge in [-0.05, 0) is 55.3 Å². The van der Waals surface area contributed by atoms with Gasteiger partial charge in [-0.1, -0.05) is 17.4 Å². The third-order valence-electron chi connectivity index (χ3n) is 4.68. The first-order chi connectivity index (χ1) is 13.2. The number of alkyl halides is 3. The maximum absolute atomic E-state index is 13.0. The second kappa shape index (κ2) is 6.15. The Balaban J connectivity index is 1.71. The minimum absolute atomic E-state index is 0.0505. The van der Waals surface area contributed by atoms with Gasteiger partial charge in [0.15, 0.2) is 12.1 Å². The van der Waals surface area contributed by atoms with Crippen LogP contribution in [0.1, 0.15) is 16.7 Å². The van der Waals surface area contributed by atoms with Crippen molar-refractivity contribution in [1.82, 2.24) is 0 Å². The number of nitrogens with zero attached hydrogens (tertiary/aromatic N) is 4. The number of halogens is 3. The molecule has 2 amide bonds. The zero-order valence-corrected chi connectivity index (χ0v) is 14.9. The third-order valence-corrected chi connectivity index (χ3v) is 4.68. The van der Waals surface area contributed by atoms with Crippen LogP contribution in [-0.2, 0) is 15.8 Å². The average molecular weight is 388 g/mol. The van der Waals surface area contributed by atoms with E-state index in [1.807, 2.05) is 19.9 Å². The summed E-state index contributed by atoms with van der Waals surface area (Å²) in [5.74, 6) is -1.11. The lowest BCUT2D eigenvalue weighted by Crippen LogP contribution is -2.40. The number of carbonyl (C=O) groups excluding carboxylic acids is 2. The highest BCUT2D eigenvalue weighted by Crippen LogP contribution is 2.37. The zero-order valence-electron chi connectivity index (χ0n) is 14.9. The minimum atomic E-state index is -4.53. The number of aryl methyl sites for hydroxylation is 2. The Labute approximate surface area is 158 Å². The lowest BCUT2D eigenvalue weighted by atomic mass is 10.1. The second-order valence-corrected chi connectivity index (χ2v) is 6.85. The highest BCUT2D eigenvalue weighted by Gasteiger charge is 2.55. The Bertz CT molecular complexity index is 998. The summed E-state index contributed by atoms with van der Waals surface area (Å²) in [5.41, 5.74) is 1.36. The quantitative estimate of drug-likeness (QED) is 0.735. The first-order valence-corrected chi connectivity index (χ1v) is 8.50. The fourth-order valence-electron chi connectivity index (χ4n) is 3.53. The van der Waals surface area contributed by atoms with E-state index in [2.05, 4.69) is 10.3 Å². The van der Waals surface area contributed by atoms with Gasteiger partial charge in [0.05, 0.1) is 16.9 Å². The van der Waals surface area contributed by atoms with Crippen LogP contribution in [0.3, 0.4) is 0 Å². The summed E-state index contributed by atoms with van der Waals surface area (Å²) in [6.07, 6.45) is -4.53. The van der Waals surface area contributed by atoms with Gasteiger partial charge in [0.25, 0.3) is 11.8 Å². The van der Waals surface area contributed by atoms with Crippen LogP contribution in [0.4, 0.5) is 24.5 Å². The average Bonchev–Trinajstić information content (AvgIpc) is 3.14. The summed E-state index contributed by atoms with van der Waals surface area (Å²) in [7, 11) is 0. The Morgan fingerprint density at radius 1 is 0.929 bits per heavy atom. The standard InChI is InChI=1S/C19H15F3N4O2/c1-10-6-11(2)8-14(7-10)25-17(27)15-16(18(25)28)26(24-23-15)13-5-3-4-12(9-13)19(20,21)22/h3-9,15-16H,1-2H3/t15-,16+/m0/s1. The monoisotopic (exact) mass is 388 g/mol. The molecule has 4 rings (SSSR count). The van der Waals surface area contributed by atoms with Crippen molar-refractivity contribution in [1.29, 1.82) is 0 Å². The van der Waals surface area contributed by atoms with Crippen LogP contribution >= 0.6 is 0 Å². The number of anilines is 2. The fraction of sp³-hybridized carbons (Fsp3) is 0.263. The van der Waals surface area contributed by atoms with Crippen molar-refractivity contribution >= 4 is 23.2 Å². The number of hydrogen-bond donors (Lipinski definition) is 0. The van der Waals surface area contributed by atoms with E-state index in [4.69, 9.17) is 0 Å². The molecule has 0 spiro atoms. The number of rotatable bonds is 2. The molecule has 6 nitrogen and oxygen atoms in total. The van der Waals surface area contributed by atoms with E-state index in [-0.39, 0.29) is 5.69 Å². The van der Waals surface area contributed by atoms with Gasteiger partial charge in [0.2, 0.25) is 0 Å². The molecule has 0 unspecified atom stereocenters. The first-order valence-electron chi connectivity index (χ1n) is 8.50. The van der Waals surface area contributed by atoms with Gasteiger partial charge in [0, 0.05) is 0 Å². The minimum Gasteiger partial charge on any atom is -0.271 e. The Morgan fingerprint density at radius 3 is 2.25 bits per heavy atom. The Morgan fingerprint density at radius 2 is 1.61 bits per heavy atom. The Kier molecular flexibility index (Phi) is 3.99. The van der Waals surface area contributed by atoms with Crippen molar-refractivity contribution in [2.45, 2.75) is 32.1 Å². The molecule has 0 N–H and O–H groups in total. The summed E-state index contributed by atoms with van der Waals surface area (Å²) < 4.78 is 39.1. The van der Waals surface area contributed by atoms with E-state index in [0.717, 1.165) is 33.2 Å². The van der Waals surface area contributed by atoms with Gasteiger partial charge in [-0.25, -0.2) is 9.91 Å². The molecule has 2 heterocycles. The van der Waals surface area contributed by atoms with Gasteiger partial charge in [-0.15, -0.1) is 0 Å². The third kappa shape index (κ3) is 2.83. The second-order valence-electron chi connectivity index (χ2n) is 6.85. The molecule has 0 aliphatic carbocycles. The maximum atomic E-state index is 13.0. The fourth-order valence-corrected chi connectivity index (χ4v) is 3.53.